The van der Waals surface area contributed by atoms with E-state index in [0.717, 1.165) is 0 Å². The van der Waals surface area contributed by atoms with E-state index in [2.05, 4.69) is 11.1 Å². The minimum atomic E-state index is -3.09. The number of hydrogen-bond donors (Lipinski definition) is 1. The summed E-state index contributed by atoms with van der Waals surface area (Å²) in [6.07, 6.45) is 1.23. The highest BCUT2D eigenvalue weighted by Gasteiger charge is 2.41. The molecule has 0 aromatic carbocycles. The van der Waals surface area contributed by atoms with Crippen LogP contribution in [0.2, 0.25) is 0 Å². The summed E-state index contributed by atoms with van der Waals surface area (Å²) in [5.41, 5.74) is 0. The third-order valence-corrected chi connectivity index (χ3v) is 4.46. The molecule has 0 aromatic rings. The Morgan fingerprint density at radius 1 is 1.86 bits per heavy atom. The van der Waals surface area contributed by atoms with Crippen LogP contribution in [0.25, 0.3) is 0 Å². The van der Waals surface area contributed by atoms with Crippen LogP contribution in [-0.4, -0.2) is 40.8 Å². The van der Waals surface area contributed by atoms with Crippen LogP contribution in [0, 0.1) is 0 Å². The zero-order valence-corrected chi connectivity index (χ0v) is 9.63. The molecule has 1 radical (unpaired) electrons. The van der Waals surface area contributed by atoms with Crippen molar-refractivity contribution in [3.8, 4) is 0 Å². The smallest absolute Gasteiger partial charge is 0.378 e. The predicted molar refractivity (Wildman–Crippen MR) is 55.0 cm³/mol. The van der Waals surface area contributed by atoms with E-state index in [9.17, 15) is 9.45 Å². The molecule has 3 unspecified atom stereocenters. The van der Waals surface area contributed by atoms with E-state index in [-0.39, 0.29) is 12.7 Å². The second-order valence-electron chi connectivity index (χ2n) is 2.74. The zero-order chi connectivity index (χ0) is 10.6. The molecular weight excluding hydrogens is 227 g/mol. The summed E-state index contributed by atoms with van der Waals surface area (Å²) in [7, 11) is -1.78. The summed E-state index contributed by atoms with van der Waals surface area (Å²) in [5, 5.41) is 0. The van der Waals surface area contributed by atoms with Gasteiger partial charge in [0.25, 0.3) is 0 Å². The standard InChI is InChI=1S/C7H14O5PS/c1-3-4-14(9)6-7-5-11-13(8,10-2)12-7/h3,7-8H,1,4-6H2,2H3. The molecule has 1 aliphatic rings. The largest absolute Gasteiger partial charge is 0.616 e. The van der Waals surface area contributed by atoms with Crippen LogP contribution in [0.3, 0.4) is 0 Å². The lowest BCUT2D eigenvalue weighted by Crippen LogP contribution is -2.24. The van der Waals surface area contributed by atoms with E-state index >= 15 is 0 Å². The van der Waals surface area contributed by atoms with Gasteiger partial charge in [0.1, 0.15) is 17.6 Å². The Balaban J connectivity index is 2.32. The molecule has 14 heavy (non-hydrogen) atoms. The number of rotatable bonds is 5. The normalized spacial score (nSPS) is 34.4. The van der Waals surface area contributed by atoms with Crippen LogP contribution in [0.4, 0.5) is 0 Å². The van der Waals surface area contributed by atoms with Gasteiger partial charge in [-0.3, -0.25) is 9.05 Å². The first-order chi connectivity index (χ1) is 6.59. The second-order valence-corrected chi connectivity index (χ2v) is 6.05. The molecule has 1 heterocycles. The topological polar surface area (TPSA) is 71.0 Å². The predicted octanol–water partition coefficient (Wildman–Crippen LogP) is 0.653. The Kier molecular flexibility index (Phi) is 4.79. The summed E-state index contributed by atoms with van der Waals surface area (Å²) in [5.74, 6) is 0.751. The third-order valence-electron chi connectivity index (χ3n) is 1.61. The Labute approximate surface area is 86.9 Å². The fraction of sp³-hybridized carbons (Fsp3) is 0.714. The Morgan fingerprint density at radius 2 is 2.57 bits per heavy atom. The fourth-order valence-electron chi connectivity index (χ4n) is 1.01. The molecule has 3 atom stereocenters. The molecule has 83 valence electrons. The average molecular weight is 241 g/mol. The molecule has 1 fully saturated rings. The van der Waals surface area contributed by atoms with Crippen LogP contribution in [-0.2, 0) is 24.7 Å². The molecule has 0 saturated carbocycles. The first kappa shape index (κ1) is 12.4. The van der Waals surface area contributed by atoms with Gasteiger partial charge >= 0.3 is 8.17 Å². The van der Waals surface area contributed by atoms with E-state index < -0.39 is 19.3 Å². The van der Waals surface area contributed by atoms with Crippen molar-refractivity contribution in [3.05, 3.63) is 12.7 Å². The molecule has 0 aromatic heterocycles. The minimum absolute atomic E-state index is 0.223. The molecule has 0 amide bonds. The fourth-order valence-corrected chi connectivity index (χ4v) is 3.21. The van der Waals surface area contributed by atoms with Crippen molar-refractivity contribution in [2.24, 2.45) is 0 Å². The van der Waals surface area contributed by atoms with Crippen LogP contribution >= 0.6 is 8.17 Å². The van der Waals surface area contributed by atoms with Crippen molar-refractivity contribution in [3.63, 3.8) is 0 Å². The molecule has 1 saturated heterocycles. The summed E-state index contributed by atoms with van der Waals surface area (Å²) in [6.45, 7) is 3.71. The molecule has 0 aliphatic carbocycles. The lowest BCUT2D eigenvalue weighted by molar-refractivity contribution is 0.172. The van der Waals surface area contributed by atoms with E-state index in [1.54, 1.807) is 6.08 Å². The molecule has 1 N–H and O–H groups in total. The van der Waals surface area contributed by atoms with Gasteiger partial charge in [0.05, 0.1) is 6.61 Å². The molecule has 0 spiro atoms. The Hall–Kier alpha value is 0.320. The van der Waals surface area contributed by atoms with Gasteiger partial charge in [-0.25, -0.2) is 0 Å². The van der Waals surface area contributed by atoms with Crippen molar-refractivity contribution in [1.82, 2.24) is 0 Å². The third kappa shape index (κ3) is 3.47. The van der Waals surface area contributed by atoms with Crippen molar-refractivity contribution in [1.29, 1.82) is 0 Å². The second kappa shape index (κ2) is 5.42. The minimum Gasteiger partial charge on any atom is -0.616 e. The molecule has 7 heteroatoms. The SMILES string of the molecule is C=CC[S+]([O-])CC1CO[P](O)(OC)O1. The first-order valence-electron chi connectivity index (χ1n) is 4.06. The van der Waals surface area contributed by atoms with Gasteiger partial charge < -0.3 is 14.0 Å². The van der Waals surface area contributed by atoms with Crippen LogP contribution < -0.4 is 0 Å². The van der Waals surface area contributed by atoms with Crippen LogP contribution in [0.15, 0.2) is 12.7 Å². The maximum absolute atomic E-state index is 11.3. The highest BCUT2D eigenvalue weighted by atomic mass is 32.2. The van der Waals surface area contributed by atoms with E-state index in [1.165, 1.54) is 7.11 Å². The van der Waals surface area contributed by atoms with E-state index in [0.29, 0.717) is 11.5 Å². The van der Waals surface area contributed by atoms with E-state index in [1.807, 2.05) is 0 Å². The van der Waals surface area contributed by atoms with Crippen molar-refractivity contribution >= 4 is 19.3 Å². The lowest BCUT2D eigenvalue weighted by atomic mass is 10.4. The average Bonchev–Trinajstić information content (AvgIpc) is 2.49. The molecule has 1 rings (SSSR count). The van der Waals surface area contributed by atoms with Crippen molar-refractivity contribution < 1.29 is 23.0 Å². The summed E-state index contributed by atoms with van der Waals surface area (Å²) >= 11 is -1.02. The van der Waals surface area contributed by atoms with Crippen LogP contribution in [0.1, 0.15) is 0 Å². The van der Waals surface area contributed by atoms with Gasteiger partial charge in [0, 0.05) is 7.11 Å². The summed E-state index contributed by atoms with van der Waals surface area (Å²) in [6, 6.07) is 0. The molecular formula is C7H14O5PS. The maximum Gasteiger partial charge on any atom is 0.378 e. The van der Waals surface area contributed by atoms with Crippen molar-refractivity contribution in [2.75, 3.05) is 25.2 Å². The summed E-state index contributed by atoms with van der Waals surface area (Å²) < 4.78 is 26.0. The van der Waals surface area contributed by atoms with Gasteiger partial charge in [-0.2, -0.15) is 0 Å². The van der Waals surface area contributed by atoms with Gasteiger partial charge in [-0.05, 0) is 17.3 Å². The quantitative estimate of drug-likeness (QED) is 0.435. The lowest BCUT2D eigenvalue weighted by Gasteiger charge is -2.18. The van der Waals surface area contributed by atoms with Gasteiger partial charge in [0.2, 0.25) is 0 Å². The Bertz CT molecular complexity index is 205. The molecule has 0 bridgehead atoms. The van der Waals surface area contributed by atoms with Crippen LogP contribution in [0.5, 0.6) is 0 Å². The van der Waals surface area contributed by atoms with E-state index in [4.69, 9.17) is 9.05 Å². The van der Waals surface area contributed by atoms with Gasteiger partial charge in [0.15, 0.2) is 0 Å². The van der Waals surface area contributed by atoms with Gasteiger partial charge in [-0.15, -0.1) is 0 Å². The Morgan fingerprint density at radius 3 is 3.07 bits per heavy atom. The zero-order valence-electron chi connectivity index (χ0n) is 7.92. The monoisotopic (exact) mass is 241 g/mol. The van der Waals surface area contributed by atoms with Crippen molar-refractivity contribution in [2.45, 2.75) is 6.10 Å². The van der Waals surface area contributed by atoms with Gasteiger partial charge in [-0.1, -0.05) is 6.58 Å². The number of hydrogen-bond acceptors (Lipinski definition) is 5. The maximum atomic E-state index is 11.3. The first-order valence-corrected chi connectivity index (χ1v) is 7.04. The highest BCUT2D eigenvalue weighted by molar-refractivity contribution is 7.91. The highest BCUT2D eigenvalue weighted by Crippen LogP contribution is 2.62. The molecule has 1 aliphatic heterocycles. The summed E-state index contributed by atoms with van der Waals surface area (Å²) in [4.78, 5) is 9.44. The molecule has 5 nitrogen and oxygen atoms in total.